The number of aliphatic hydroxyl groups is 1. The van der Waals surface area contributed by atoms with Crippen LogP contribution in [0.3, 0.4) is 0 Å². The summed E-state index contributed by atoms with van der Waals surface area (Å²) in [6.45, 7) is 4.98. The molecule has 15 heavy (non-hydrogen) atoms. The Bertz CT molecular complexity index is 328. The van der Waals surface area contributed by atoms with Crippen molar-refractivity contribution in [1.29, 1.82) is 0 Å². The fourth-order valence-electron chi connectivity index (χ4n) is 2.24. The zero-order valence-electron chi connectivity index (χ0n) is 9.61. The Balaban J connectivity index is 2.01. The molecule has 1 aliphatic rings. The first-order valence-corrected chi connectivity index (χ1v) is 5.92. The Morgan fingerprint density at radius 3 is 2.87 bits per heavy atom. The quantitative estimate of drug-likeness (QED) is 0.821. The smallest absolute Gasteiger partial charge is 0.0623 e. The largest absolute Gasteiger partial charge is 0.392 e. The molecule has 2 rings (SSSR count). The maximum absolute atomic E-state index is 10.0. The van der Waals surface area contributed by atoms with Gasteiger partial charge in [-0.05, 0) is 38.7 Å². The van der Waals surface area contributed by atoms with Gasteiger partial charge >= 0.3 is 0 Å². The van der Waals surface area contributed by atoms with Crippen molar-refractivity contribution in [2.45, 2.75) is 52.2 Å². The van der Waals surface area contributed by atoms with Gasteiger partial charge in [0.15, 0.2) is 0 Å². The molecule has 1 unspecified atom stereocenters. The number of aryl methyl sites for hydroxylation is 2. The summed E-state index contributed by atoms with van der Waals surface area (Å²) in [4.78, 5) is 0. The van der Waals surface area contributed by atoms with E-state index in [1.807, 2.05) is 11.6 Å². The molecule has 0 amide bonds. The van der Waals surface area contributed by atoms with Gasteiger partial charge in [-0.3, -0.25) is 4.68 Å². The average Bonchev–Trinajstić information content (AvgIpc) is 2.42. The van der Waals surface area contributed by atoms with Gasteiger partial charge in [-0.15, -0.1) is 0 Å². The molecule has 0 bridgehead atoms. The van der Waals surface area contributed by atoms with E-state index >= 15 is 0 Å². The number of aliphatic hydroxyl groups excluding tert-OH is 1. The Kier molecular flexibility index (Phi) is 3.10. The number of hydrogen-bond acceptors (Lipinski definition) is 2. The molecule has 3 nitrogen and oxygen atoms in total. The fourth-order valence-corrected chi connectivity index (χ4v) is 2.24. The predicted octanol–water partition coefficient (Wildman–Crippen LogP) is 1.91. The molecule has 3 heteroatoms. The topological polar surface area (TPSA) is 38.0 Å². The van der Waals surface area contributed by atoms with Crippen LogP contribution in [0.25, 0.3) is 0 Å². The molecule has 0 radical (unpaired) electrons. The van der Waals surface area contributed by atoms with Crippen LogP contribution in [0.15, 0.2) is 6.07 Å². The van der Waals surface area contributed by atoms with Crippen LogP contribution in [-0.4, -0.2) is 21.0 Å². The standard InChI is InChI=1S/C12H20N2O/c1-3-14-11(7-9(2)13-14)8-12(15)10-5-4-6-10/h7,10,12,15H,3-6,8H2,1-2H3. The first-order chi connectivity index (χ1) is 7.20. The summed E-state index contributed by atoms with van der Waals surface area (Å²) >= 11 is 0. The van der Waals surface area contributed by atoms with Gasteiger partial charge in [0.2, 0.25) is 0 Å². The Morgan fingerprint density at radius 1 is 1.60 bits per heavy atom. The molecule has 0 aliphatic heterocycles. The van der Waals surface area contributed by atoms with E-state index in [1.165, 1.54) is 25.0 Å². The van der Waals surface area contributed by atoms with Crippen LogP contribution in [0.1, 0.15) is 37.6 Å². The highest BCUT2D eigenvalue weighted by molar-refractivity contribution is 5.10. The summed E-state index contributed by atoms with van der Waals surface area (Å²) in [5.41, 5.74) is 2.22. The van der Waals surface area contributed by atoms with Crippen molar-refractivity contribution in [3.8, 4) is 0 Å². The predicted molar refractivity (Wildman–Crippen MR) is 59.7 cm³/mol. The molecular formula is C12H20N2O. The Labute approximate surface area is 91.1 Å². The second-order valence-electron chi connectivity index (χ2n) is 4.56. The summed E-state index contributed by atoms with van der Waals surface area (Å²) in [6, 6.07) is 2.09. The van der Waals surface area contributed by atoms with Crippen LogP contribution in [0, 0.1) is 12.8 Å². The number of aromatic nitrogens is 2. The Morgan fingerprint density at radius 2 is 2.33 bits per heavy atom. The van der Waals surface area contributed by atoms with Crippen molar-refractivity contribution in [3.63, 3.8) is 0 Å². The monoisotopic (exact) mass is 208 g/mol. The maximum atomic E-state index is 10.0. The molecule has 1 atom stereocenters. The highest BCUT2D eigenvalue weighted by Crippen LogP contribution is 2.31. The maximum Gasteiger partial charge on any atom is 0.0623 e. The van der Waals surface area contributed by atoms with E-state index in [0.29, 0.717) is 5.92 Å². The molecule has 1 aliphatic carbocycles. The minimum absolute atomic E-state index is 0.167. The third-order valence-corrected chi connectivity index (χ3v) is 3.40. The van der Waals surface area contributed by atoms with Gasteiger partial charge < -0.3 is 5.11 Å². The van der Waals surface area contributed by atoms with Crippen LogP contribution in [0.5, 0.6) is 0 Å². The second kappa shape index (κ2) is 4.35. The number of hydrogen-bond donors (Lipinski definition) is 1. The molecule has 84 valence electrons. The van der Waals surface area contributed by atoms with Gasteiger partial charge in [0, 0.05) is 18.7 Å². The van der Waals surface area contributed by atoms with E-state index < -0.39 is 0 Å². The lowest BCUT2D eigenvalue weighted by molar-refractivity contribution is 0.0614. The lowest BCUT2D eigenvalue weighted by Crippen LogP contribution is -2.29. The van der Waals surface area contributed by atoms with Crippen LogP contribution < -0.4 is 0 Å². The van der Waals surface area contributed by atoms with Crippen LogP contribution in [-0.2, 0) is 13.0 Å². The van der Waals surface area contributed by atoms with E-state index in [0.717, 1.165) is 18.7 Å². The summed E-state index contributed by atoms with van der Waals surface area (Å²) < 4.78 is 2.00. The molecule has 1 N–H and O–H groups in total. The molecule has 1 fully saturated rings. The molecule has 0 saturated heterocycles. The van der Waals surface area contributed by atoms with Crippen LogP contribution in [0.4, 0.5) is 0 Å². The van der Waals surface area contributed by atoms with Gasteiger partial charge in [0.1, 0.15) is 0 Å². The van der Waals surface area contributed by atoms with Gasteiger partial charge in [-0.1, -0.05) is 6.42 Å². The van der Waals surface area contributed by atoms with Crippen molar-refractivity contribution in [2.24, 2.45) is 5.92 Å². The zero-order valence-corrected chi connectivity index (χ0v) is 9.61. The highest BCUT2D eigenvalue weighted by Gasteiger charge is 2.26. The lowest BCUT2D eigenvalue weighted by Gasteiger charge is -2.30. The minimum atomic E-state index is -0.167. The molecule has 1 aromatic rings. The molecular weight excluding hydrogens is 188 g/mol. The third-order valence-electron chi connectivity index (χ3n) is 3.40. The molecule has 0 aromatic carbocycles. The first kappa shape index (κ1) is 10.7. The van der Waals surface area contributed by atoms with Crippen molar-refractivity contribution in [3.05, 3.63) is 17.5 Å². The third kappa shape index (κ3) is 2.23. The average molecular weight is 208 g/mol. The van der Waals surface area contributed by atoms with Crippen molar-refractivity contribution >= 4 is 0 Å². The van der Waals surface area contributed by atoms with E-state index in [9.17, 15) is 5.11 Å². The van der Waals surface area contributed by atoms with Crippen molar-refractivity contribution in [2.75, 3.05) is 0 Å². The van der Waals surface area contributed by atoms with Gasteiger partial charge in [0.05, 0.1) is 11.8 Å². The number of nitrogens with zero attached hydrogens (tertiary/aromatic N) is 2. The SMILES string of the molecule is CCn1nc(C)cc1CC(O)C1CCC1. The summed E-state index contributed by atoms with van der Waals surface area (Å²) in [7, 11) is 0. The number of rotatable bonds is 4. The van der Waals surface area contributed by atoms with Gasteiger partial charge in [-0.2, -0.15) is 5.10 Å². The van der Waals surface area contributed by atoms with E-state index in [1.54, 1.807) is 0 Å². The second-order valence-corrected chi connectivity index (χ2v) is 4.56. The van der Waals surface area contributed by atoms with Crippen LogP contribution in [0.2, 0.25) is 0 Å². The van der Waals surface area contributed by atoms with Crippen LogP contribution >= 0.6 is 0 Å². The highest BCUT2D eigenvalue weighted by atomic mass is 16.3. The van der Waals surface area contributed by atoms with Gasteiger partial charge in [-0.25, -0.2) is 0 Å². The fraction of sp³-hybridized carbons (Fsp3) is 0.750. The first-order valence-electron chi connectivity index (χ1n) is 5.92. The summed E-state index contributed by atoms with van der Waals surface area (Å²) in [5, 5.41) is 14.4. The Hall–Kier alpha value is -0.830. The summed E-state index contributed by atoms with van der Waals surface area (Å²) in [5.74, 6) is 0.533. The van der Waals surface area contributed by atoms with E-state index in [2.05, 4.69) is 18.1 Å². The van der Waals surface area contributed by atoms with Crippen molar-refractivity contribution < 1.29 is 5.11 Å². The molecule has 1 saturated carbocycles. The van der Waals surface area contributed by atoms with E-state index in [-0.39, 0.29) is 6.10 Å². The minimum Gasteiger partial charge on any atom is -0.392 e. The summed E-state index contributed by atoms with van der Waals surface area (Å²) in [6.07, 6.45) is 4.27. The molecule has 1 aromatic heterocycles. The zero-order chi connectivity index (χ0) is 10.8. The lowest BCUT2D eigenvalue weighted by atomic mass is 9.80. The normalized spacial score (nSPS) is 18.9. The van der Waals surface area contributed by atoms with Crippen molar-refractivity contribution in [1.82, 2.24) is 9.78 Å². The molecule has 0 spiro atoms. The van der Waals surface area contributed by atoms with E-state index in [4.69, 9.17) is 0 Å². The van der Waals surface area contributed by atoms with Gasteiger partial charge in [0.25, 0.3) is 0 Å². The molecule has 1 heterocycles.